The number of carbonyl (C=O) groups is 1. The SMILES string of the molecule is C=CCN1CCN(c2ccccc2NC(=O)CS(=O)(=O)c2ccc(C)cc2)CC1. The molecule has 29 heavy (non-hydrogen) atoms. The van der Waals surface area contributed by atoms with Crippen molar-refractivity contribution in [1.29, 1.82) is 0 Å². The molecular formula is C22H27N3O3S. The second-order valence-electron chi connectivity index (χ2n) is 7.21. The molecule has 2 aromatic carbocycles. The van der Waals surface area contributed by atoms with Crippen LogP contribution in [0, 0.1) is 6.92 Å². The van der Waals surface area contributed by atoms with Crippen LogP contribution < -0.4 is 10.2 Å². The molecule has 1 aliphatic heterocycles. The molecule has 1 amide bonds. The lowest BCUT2D eigenvalue weighted by Gasteiger charge is -2.36. The number of anilines is 2. The minimum Gasteiger partial charge on any atom is -0.367 e. The molecule has 1 saturated heterocycles. The van der Waals surface area contributed by atoms with Crippen LogP contribution >= 0.6 is 0 Å². The fourth-order valence-corrected chi connectivity index (χ4v) is 4.53. The number of aryl methyl sites for hydroxylation is 1. The molecule has 1 N–H and O–H groups in total. The van der Waals surface area contributed by atoms with Gasteiger partial charge >= 0.3 is 0 Å². The average molecular weight is 414 g/mol. The maximum Gasteiger partial charge on any atom is 0.240 e. The molecule has 0 bridgehead atoms. The van der Waals surface area contributed by atoms with Crippen LogP contribution in [0.2, 0.25) is 0 Å². The van der Waals surface area contributed by atoms with E-state index in [0.717, 1.165) is 44.0 Å². The Bertz CT molecular complexity index is 963. The molecule has 0 aromatic heterocycles. The number of hydrogen-bond donors (Lipinski definition) is 1. The normalized spacial score (nSPS) is 15.1. The number of para-hydroxylation sites is 2. The minimum absolute atomic E-state index is 0.157. The molecule has 1 fully saturated rings. The highest BCUT2D eigenvalue weighted by Crippen LogP contribution is 2.27. The summed E-state index contributed by atoms with van der Waals surface area (Å²) in [7, 11) is -3.69. The van der Waals surface area contributed by atoms with Gasteiger partial charge in [0.05, 0.1) is 16.3 Å². The number of benzene rings is 2. The van der Waals surface area contributed by atoms with Gasteiger partial charge in [0, 0.05) is 32.7 Å². The number of carbonyl (C=O) groups excluding carboxylic acids is 1. The van der Waals surface area contributed by atoms with E-state index in [0.29, 0.717) is 5.69 Å². The Kier molecular flexibility index (Phi) is 6.71. The first-order valence-corrected chi connectivity index (χ1v) is 11.3. The van der Waals surface area contributed by atoms with Crippen molar-refractivity contribution < 1.29 is 13.2 Å². The molecule has 0 atom stereocenters. The maximum absolute atomic E-state index is 12.5. The van der Waals surface area contributed by atoms with Crippen molar-refractivity contribution in [2.24, 2.45) is 0 Å². The van der Waals surface area contributed by atoms with Gasteiger partial charge in [0.1, 0.15) is 5.75 Å². The van der Waals surface area contributed by atoms with E-state index in [2.05, 4.69) is 21.7 Å². The Morgan fingerprint density at radius 2 is 1.72 bits per heavy atom. The van der Waals surface area contributed by atoms with Gasteiger partial charge in [-0.15, -0.1) is 6.58 Å². The fraction of sp³-hybridized carbons (Fsp3) is 0.318. The third-order valence-corrected chi connectivity index (χ3v) is 6.61. The van der Waals surface area contributed by atoms with E-state index < -0.39 is 21.5 Å². The standard InChI is InChI=1S/C22H27N3O3S/c1-3-12-24-13-15-25(16-14-24)21-7-5-4-6-20(21)23-22(26)17-29(27,28)19-10-8-18(2)9-11-19/h3-11H,1,12-17H2,2H3,(H,23,26). The van der Waals surface area contributed by atoms with Crippen molar-refractivity contribution in [2.75, 3.05) is 48.7 Å². The van der Waals surface area contributed by atoms with Gasteiger partial charge in [-0.25, -0.2) is 8.42 Å². The van der Waals surface area contributed by atoms with Crippen molar-refractivity contribution in [3.63, 3.8) is 0 Å². The summed E-state index contributed by atoms with van der Waals surface area (Å²) in [5, 5.41) is 2.79. The number of hydrogen-bond acceptors (Lipinski definition) is 5. The highest BCUT2D eigenvalue weighted by Gasteiger charge is 2.22. The van der Waals surface area contributed by atoms with Crippen molar-refractivity contribution in [2.45, 2.75) is 11.8 Å². The van der Waals surface area contributed by atoms with E-state index in [1.165, 1.54) is 12.1 Å². The lowest BCUT2D eigenvalue weighted by atomic mass is 10.2. The fourth-order valence-electron chi connectivity index (χ4n) is 3.40. The highest BCUT2D eigenvalue weighted by molar-refractivity contribution is 7.92. The van der Waals surface area contributed by atoms with Crippen LogP contribution in [0.15, 0.2) is 66.1 Å². The lowest BCUT2D eigenvalue weighted by molar-refractivity contribution is -0.113. The molecule has 1 aliphatic rings. The number of rotatable bonds is 7. The predicted molar refractivity (Wildman–Crippen MR) is 117 cm³/mol. The van der Waals surface area contributed by atoms with E-state index in [-0.39, 0.29) is 4.90 Å². The number of amides is 1. The minimum atomic E-state index is -3.69. The Morgan fingerprint density at radius 3 is 2.38 bits per heavy atom. The lowest BCUT2D eigenvalue weighted by Crippen LogP contribution is -2.46. The molecular weight excluding hydrogens is 386 g/mol. The molecule has 3 rings (SSSR count). The van der Waals surface area contributed by atoms with E-state index in [9.17, 15) is 13.2 Å². The quantitative estimate of drug-likeness (QED) is 0.707. The van der Waals surface area contributed by atoms with Gasteiger partial charge in [-0.3, -0.25) is 9.69 Å². The van der Waals surface area contributed by atoms with Crippen LogP contribution in [0.25, 0.3) is 0 Å². The summed E-state index contributed by atoms with van der Waals surface area (Å²) in [6.45, 7) is 10.0. The molecule has 0 saturated carbocycles. The van der Waals surface area contributed by atoms with Gasteiger partial charge in [0.2, 0.25) is 5.91 Å². The summed E-state index contributed by atoms with van der Waals surface area (Å²) in [6, 6.07) is 14.0. The van der Waals surface area contributed by atoms with Gasteiger partial charge < -0.3 is 10.2 Å². The third-order valence-electron chi connectivity index (χ3n) is 4.98. The van der Waals surface area contributed by atoms with Gasteiger partial charge in [-0.1, -0.05) is 35.9 Å². The van der Waals surface area contributed by atoms with Crippen LogP contribution in [0.4, 0.5) is 11.4 Å². The molecule has 0 radical (unpaired) electrons. The Balaban J connectivity index is 1.68. The number of piperazine rings is 1. The number of nitrogens with zero attached hydrogens (tertiary/aromatic N) is 2. The highest BCUT2D eigenvalue weighted by atomic mass is 32.2. The largest absolute Gasteiger partial charge is 0.367 e. The summed E-state index contributed by atoms with van der Waals surface area (Å²) < 4.78 is 25.1. The molecule has 6 nitrogen and oxygen atoms in total. The van der Waals surface area contributed by atoms with Crippen molar-refractivity contribution in [1.82, 2.24) is 4.90 Å². The average Bonchev–Trinajstić information content (AvgIpc) is 2.69. The van der Waals surface area contributed by atoms with Crippen molar-refractivity contribution in [3.8, 4) is 0 Å². The zero-order valence-corrected chi connectivity index (χ0v) is 17.5. The van der Waals surface area contributed by atoms with Gasteiger partial charge in [0.25, 0.3) is 0 Å². The molecule has 0 spiro atoms. The first-order valence-electron chi connectivity index (χ1n) is 9.65. The van der Waals surface area contributed by atoms with E-state index in [1.807, 2.05) is 37.3 Å². The first-order chi connectivity index (χ1) is 13.9. The summed E-state index contributed by atoms with van der Waals surface area (Å²) in [6.07, 6.45) is 1.90. The Hall–Kier alpha value is -2.64. The molecule has 0 aliphatic carbocycles. The Morgan fingerprint density at radius 1 is 1.07 bits per heavy atom. The first kappa shape index (κ1) is 21.1. The van der Waals surface area contributed by atoms with Crippen LogP contribution in [-0.2, 0) is 14.6 Å². The van der Waals surface area contributed by atoms with Crippen LogP contribution in [0.3, 0.4) is 0 Å². The van der Waals surface area contributed by atoms with Crippen molar-refractivity contribution in [3.05, 3.63) is 66.7 Å². The molecule has 0 unspecified atom stereocenters. The molecule has 1 heterocycles. The molecule has 2 aromatic rings. The second-order valence-corrected chi connectivity index (χ2v) is 9.20. The Labute approximate surface area is 172 Å². The van der Waals surface area contributed by atoms with Crippen LogP contribution in [0.5, 0.6) is 0 Å². The van der Waals surface area contributed by atoms with E-state index in [4.69, 9.17) is 0 Å². The van der Waals surface area contributed by atoms with Gasteiger partial charge in [-0.2, -0.15) is 0 Å². The zero-order valence-electron chi connectivity index (χ0n) is 16.7. The second kappa shape index (κ2) is 9.24. The topological polar surface area (TPSA) is 69.7 Å². The third kappa shape index (κ3) is 5.46. The number of sulfone groups is 1. The summed E-state index contributed by atoms with van der Waals surface area (Å²) in [4.78, 5) is 17.2. The predicted octanol–water partition coefficient (Wildman–Crippen LogP) is 2.72. The maximum atomic E-state index is 12.5. The summed E-state index contributed by atoms with van der Waals surface area (Å²) >= 11 is 0. The smallest absolute Gasteiger partial charge is 0.240 e. The summed E-state index contributed by atoms with van der Waals surface area (Å²) in [5.74, 6) is -1.12. The van der Waals surface area contributed by atoms with Crippen LogP contribution in [-0.4, -0.2) is 57.7 Å². The van der Waals surface area contributed by atoms with Crippen molar-refractivity contribution >= 4 is 27.1 Å². The number of nitrogens with one attached hydrogen (secondary N) is 1. The summed E-state index contributed by atoms with van der Waals surface area (Å²) in [5.41, 5.74) is 2.51. The zero-order chi connectivity index (χ0) is 20.9. The van der Waals surface area contributed by atoms with E-state index >= 15 is 0 Å². The monoisotopic (exact) mass is 413 g/mol. The van der Waals surface area contributed by atoms with Crippen LogP contribution in [0.1, 0.15) is 5.56 Å². The molecule has 7 heteroatoms. The molecule has 154 valence electrons. The van der Waals surface area contributed by atoms with Gasteiger partial charge in [0.15, 0.2) is 9.84 Å². The van der Waals surface area contributed by atoms with E-state index in [1.54, 1.807) is 12.1 Å². The van der Waals surface area contributed by atoms with Gasteiger partial charge in [-0.05, 0) is 31.2 Å².